The summed E-state index contributed by atoms with van der Waals surface area (Å²) in [5, 5.41) is 14.3. The molecule has 0 unspecified atom stereocenters. The minimum Gasteiger partial charge on any atom is -0.399 e. The van der Waals surface area contributed by atoms with Gasteiger partial charge >= 0.3 is 0 Å². The van der Waals surface area contributed by atoms with Crippen LogP contribution in [-0.4, -0.2) is 11.0 Å². The highest BCUT2D eigenvalue weighted by atomic mass is 35.5. The number of halogens is 1. The van der Waals surface area contributed by atoms with E-state index >= 15 is 0 Å². The number of aromatic nitrogens is 1. The van der Waals surface area contributed by atoms with Crippen molar-refractivity contribution in [3.63, 3.8) is 0 Å². The number of nitrogens with two attached hydrogens (primary N) is 1. The van der Waals surface area contributed by atoms with E-state index in [0.717, 1.165) is 23.9 Å². The lowest BCUT2D eigenvalue weighted by atomic mass is 10.0. The van der Waals surface area contributed by atoms with Crippen molar-refractivity contribution in [2.75, 3.05) is 11.1 Å². The second-order valence-corrected chi connectivity index (χ2v) is 6.30. The summed E-state index contributed by atoms with van der Waals surface area (Å²) in [6, 6.07) is 6.15. The van der Waals surface area contributed by atoms with Gasteiger partial charge in [0.15, 0.2) is 0 Å². The molecule has 1 aromatic heterocycles. The number of nitrogen functional groups attached to an aromatic ring is 1. The van der Waals surface area contributed by atoms with Gasteiger partial charge in [-0.2, -0.15) is 5.26 Å². The number of hydrogen-bond acceptors (Lipinski definition) is 4. The first-order valence-electron chi connectivity index (χ1n) is 7.73. The summed E-state index contributed by atoms with van der Waals surface area (Å²) in [6.45, 7) is 0. The van der Waals surface area contributed by atoms with Crippen LogP contribution in [0.25, 0.3) is 10.9 Å². The SMILES string of the molecule is N#Cc1cnc2c(Cl)cc(N)cc2c1NC1CCCCCC1. The van der Waals surface area contributed by atoms with Crippen molar-refractivity contribution in [2.24, 2.45) is 0 Å². The Balaban J connectivity index is 2.07. The third kappa shape index (κ3) is 2.95. The predicted octanol–water partition coefficient (Wildman–Crippen LogP) is 4.48. The molecule has 0 radical (unpaired) electrons. The van der Waals surface area contributed by atoms with Crippen molar-refractivity contribution in [2.45, 2.75) is 44.6 Å². The van der Waals surface area contributed by atoms with Crippen LogP contribution in [0.3, 0.4) is 0 Å². The number of anilines is 2. The molecular formula is C17H19ClN4. The quantitative estimate of drug-likeness (QED) is 0.633. The molecule has 3 rings (SSSR count). The van der Waals surface area contributed by atoms with Crippen LogP contribution in [0, 0.1) is 11.3 Å². The third-order valence-corrected chi connectivity index (χ3v) is 4.56. The Morgan fingerprint density at radius 2 is 1.95 bits per heavy atom. The minimum atomic E-state index is 0.389. The van der Waals surface area contributed by atoms with E-state index in [-0.39, 0.29) is 0 Å². The lowest BCUT2D eigenvalue weighted by molar-refractivity contribution is 0.620. The van der Waals surface area contributed by atoms with Crippen LogP contribution in [0.2, 0.25) is 5.02 Å². The molecule has 1 fully saturated rings. The van der Waals surface area contributed by atoms with Crippen LogP contribution < -0.4 is 11.1 Å². The Morgan fingerprint density at radius 1 is 1.23 bits per heavy atom. The maximum Gasteiger partial charge on any atom is 0.103 e. The van der Waals surface area contributed by atoms with Gasteiger partial charge < -0.3 is 11.1 Å². The topological polar surface area (TPSA) is 74.7 Å². The first-order chi connectivity index (χ1) is 10.7. The first-order valence-corrected chi connectivity index (χ1v) is 8.11. The van der Waals surface area contributed by atoms with Gasteiger partial charge in [-0.15, -0.1) is 0 Å². The van der Waals surface area contributed by atoms with Gasteiger partial charge in [-0.25, -0.2) is 0 Å². The summed E-state index contributed by atoms with van der Waals surface area (Å²) in [5.41, 5.74) is 8.54. The van der Waals surface area contributed by atoms with Gasteiger partial charge in [-0.3, -0.25) is 4.98 Å². The molecule has 1 saturated carbocycles. The van der Waals surface area contributed by atoms with Crippen LogP contribution in [0.5, 0.6) is 0 Å². The van der Waals surface area contributed by atoms with Crippen molar-refractivity contribution < 1.29 is 0 Å². The Kier molecular flexibility index (Phi) is 4.35. The second kappa shape index (κ2) is 6.41. The number of pyridine rings is 1. The van der Waals surface area contributed by atoms with E-state index in [4.69, 9.17) is 17.3 Å². The van der Waals surface area contributed by atoms with Crippen LogP contribution >= 0.6 is 11.6 Å². The molecule has 114 valence electrons. The zero-order valence-electron chi connectivity index (χ0n) is 12.4. The van der Waals surface area contributed by atoms with E-state index in [1.54, 1.807) is 12.3 Å². The number of nitrogens with zero attached hydrogens (tertiary/aromatic N) is 2. The summed E-state index contributed by atoms with van der Waals surface area (Å²) in [7, 11) is 0. The number of rotatable bonds is 2. The van der Waals surface area contributed by atoms with Gasteiger partial charge in [0.2, 0.25) is 0 Å². The summed E-state index contributed by atoms with van der Waals surface area (Å²) in [5.74, 6) is 0. The molecule has 22 heavy (non-hydrogen) atoms. The molecule has 5 heteroatoms. The molecule has 1 aromatic carbocycles. The average molecular weight is 315 g/mol. The fourth-order valence-electron chi connectivity index (χ4n) is 3.15. The number of hydrogen-bond donors (Lipinski definition) is 2. The molecule has 2 aromatic rings. The molecule has 0 amide bonds. The molecule has 0 aliphatic heterocycles. The summed E-state index contributed by atoms with van der Waals surface area (Å²) < 4.78 is 0. The Bertz CT molecular complexity index is 727. The van der Waals surface area contributed by atoms with E-state index < -0.39 is 0 Å². The van der Waals surface area contributed by atoms with Gasteiger partial charge in [0.1, 0.15) is 6.07 Å². The number of nitrogens with one attached hydrogen (secondary N) is 1. The fraction of sp³-hybridized carbons (Fsp3) is 0.412. The number of fused-ring (bicyclic) bond motifs is 1. The second-order valence-electron chi connectivity index (χ2n) is 5.89. The maximum absolute atomic E-state index is 9.41. The molecule has 0 saturated heterocycles. The van der Waals surface area contributed by atoms with E-state index in [0.29, 0.717) is 27.8 Å². The maximum atomic E-state index is 9.41. The standard InChI is InChI=1S/C17H19ClN4/c18-15-8-12(20)7-14-16(11(9-19)10-21-17(14)15)22-13-5-3-1-2-4-6-13/h7-8,10,13H,1-6,20H2,(H,21,22). The third-order valence-electron chi connectivity index (χ3n) is 4.27. The Morgan fingerprint density at radius 3 is 2.64 bits per heavy atom. The van der Waals surface area contributed by atoms with Crippen LogP contribution in [0.1, 0.15) is 44.1 Å². The van der Waals surface area contributed by atoms with Gasteiger partial charge in [-0.1, -0.05) is 37.3 Å². The molecule has 0 spiro atoms. The number of nitriles is 1. The largest absolute Gasteiger partial charge is 0.399 e. The Hall–Kier alpha value is -1.99. The molecular weight excluding hydrogens is 296 g/mol. The zero-order valence-corrected chi connectivity index (χ0v) is 13.2. The first kappa shape index (κ1) is 14.9. The van der Waals surface area contributed by atoms with E-state index in [1.165, 1.54) is 25.7 Å². The molecule has 0 bridgehead atoms. The highest BCUT2D eigenvalue weighted by Gasteiger charge is 2.17. The van der Waals surface area contributed by atoms with Gasteiger partial charge in [0, 0.05) is 23.3 Å². The zero-order chi connectivity index (χ0) is 15.5. The van der Waals surface area contributed by atoms with Crippen molar-refractivity contribution in [3.05, 3.63) is 28.9 Å². The van der Waals surface area contributed by atoms with Crippen molar-refractivity contribution in [1.29, 1.82) is 5.26 Å². The highest BCUT2D eigenvalue weighted by molar-refractivity contribution is 6.35. The monoisotopic (exact) mass is 314 g/mol. The summed E-state index contributed by atoms with van der Waals surface area (Å²) >= 11 is 6.25. The van der Waals surface area contributed by atoms with Crippen molar-refractivity contribution in [1.82, 2.24) is 4.98 Å². The molecule has 1 heterocycles. The lowest BCUT2D eigenvalue weighted by Crippen LogP contribution is -2.19. The van der Waals surface area contributed by atoms with Gasteiger partial charge in [0.25, 0.3) is 0 Å². The molecule has 1 aliphatic rings. The van der Waals surface area contributed by atoms with Gasteiger partial charge in [-0.05, 0) is 25.0 Å². The highest BCUT2D eigenvalue weighted by Crippen LogP contribution is 2.33. The van der Waals surface area contributed by atoms with Crippen molar-refractivity contribution in [3.8, 4) is 6.07 Å². The molecule has 3 N–H and O–H groups in total. The number of benzene rings is 1. The normalized spacial score (nSPS) is 16.2. The minimum absolute atomic E-state index is 0.389. The molecule has 0 atom stereocenters. The molecule has 4 nitrogen and oxygen atoms in total. The molecule has 1 aliphatic carbocycles. The predicted molar refractivity (Wildman–Crippen MR) is 91.0 cm³/mol. The van der Waals surface area contributed by atoms with E-state index in [1.807, 2.05) is 6.07 Å². The van der Waals surface area contributed by atoms with Crippen molar-refractivity contribution >= 4 is 33.9 Å². The average Bonchev–Trinajstić information content (AvgIpc) is 2.76. The Labute approximate surface area is 135 Å². The van der Waals surface area contributed by atoms with Gasteiger partial charge in [0.05, 0.1) is 21.8 Å². The van der Waals surface area contributed by atoms with E-state index in [2.05, 4.69) is 16.4 Å². The smallest absolute Gasteiger partial charge is 0.103 e. The van der Waals surface area contributed by atoms with E-state index in [9.17, 15) is 5.26 Å². The van der Waals surface area contributed by atoms with Crippen LogP contribution in [-0.2, 0) is 0 Å². The van der Waals surface area contributed by atoms with Crippen LogP contribution in [0.15, 0.2) is 18.3 Å². The van der Waals surface area contributed by atoms with Crippen LogP contribution in [0.4, 0.5) is 11.4 Å². The summed E-state index contributed by atoms with van der Waals surface area (Å²) in [4.78, 5) is 4.31. The summed E-state index contributed by atoms with van der Waals surface area (Å²) in [6.07, 6.45) is 8.88. The fourth-order valence-corrected chi connectivity index (χ4v) is 3.43. The lowest BCUT2D eigenvalue weighted by Gasteiger charge is -2.20.